The standard InChI is InChI=1S/C36H66/c1-5-7-9-11-13-15-17-19-21-23-25-27-29-31-33-36(35(3)4)34-32-30-28-26-24-22-20-18-16-14-12-10-8-6-2/h9-12,27-30,35-36H,5-8,13-26,31-34H2,1-4H3/b11-9+,12-10+,29-27+,30-28+. The second kappa shape index (κ2) is 30.2. The van der Waals surface area contributed by atoms with Crippen molar-refractivity contribution < 1.29 is 0 Å². The molecular weight excluding hydrogens is 432 g/mol. The Kier molecular flexibility index (Phi) is 29.3. The minimum Gasteiger partial charge on any atom is -0.0885 e. The lowest BCUT2D eigenvalue weighted by atomic mass is 9.87. The zero-order valence-corrected chi connectivity index (χ0v) is 25.3. The second-order valence-electron chi connectivity index (χ2n) is 11.3. The van der Waals surface area contributed by atoms with Gasteiger partial charge in [-0.2, -0.15) is 0 Å². The SMILES string of the molecule is CCC/C=C/CCCCCCC/C=C/CCC(CC/C=C/CCCCCCC/C=C/CCC)C(C)C. The molecule has 0 heterocycles. The van der Waals surface area contributed by atoms with E-state index in [4.69, 9.17) is 0 Å². The summed E-state index contributed by atoms with van der Waals surface area (Å²) in [6, 6.07) is 0. The summed E-state index contributed by atoms with van der Waals surface area (Å²) < 4.78 is 0. The summed E-state index contributed by atoms with van der Waals surface area (Å²) in [6.07, 6.45) is 48.7. The quantitative estimate of drug-likeness (QED) is 0.0780. The van der Waals surface area contributed by atoms with Gasteiger partial charge in [0.25, 0.3) is 0 Å². The lowest BCUT2D eigenvalue weighted by molar-refractivity contribution is 0.341. The van der Waals surface area contributed by atoms with Crippen molar-refractivity contribution in [2.24, 2.45) is 11.8 Å². The highest BCUT2D eigenvalue weighted by atomic mass is 14.2. The summed E-state index contributed by atoms with van der Waals surface area (Å²) in [7, 11) is 0. The Labute approximate surface area is 229 Å². The lowest BCUT2D eigenvalue weighted by Gasteiger charge is -2.19. The van der Waals surface area contributed by atoms with E-state index in [1.54, 1.807) is 0 Å². The summed E-state index contributed by atoms with van der Waals surface area (Å²) in [5.74, 6) is 1.68. The maximum absolute atomic E-state index is 2.46. The van der Waals surface area contributed by atoms with Gasteiger partial charge >= 0.3 is 0 Å². The highest BCUT2D eigenvalue weighted by molar-refractivity contribution is 4.86. The fourth-order valence-corrected chi connectivity index (χ4v) is 4.82. The largest absolute Gasteiger partial charge is 0.0885 e. The van der Waals surface area contributed by atoms with Crippen molar-refractivity contribution in [1.82, 2.24) is 0 Å². The Morgan fingerprint density at radius 2 is 0.639 bits per heavy atom. The Hall–Kier alpha value is -1.04. The Morgan fingerprint density at radius 1 is 0.361 bits per heavy atom. The monoisotopic (exact) mass is 499 g/mol. The first-order valence-corrected chi connectivity index (χ1v) is 16.3. The van der Waals surface area contributed by atoms with Crippen LogP contribution >= 0.6 is 0 Å². The normalized spacial score (nSPS) is 12.7. The summed E-state index contributed by atoms with van der Waals surface area (Å²) in [6.45, 7) is 9.33. The highest BCUT2D eigenvalue weighted by Crippen LogP contribution is 2.23. The van der Waals surface area contributed by atoms with Crippen LogP contribution in [0.1, 0.15) is 169 Å². The zero-order chi connectivity index (χ0) is 26.4. The molecule has 36 heavy (non-hydrogen) atoms. The molecule has 0 aliphatic heterocycles. The number of hydrogen-bond donors (Lipinski definition) is 0. The van der Waals surface area contributed by atoms with Crippen LogP contribution in [0.4, 0.5) is 0 Å². The van der Waals surface area contributed by atoms with Crippen molar-refractivity contribution in [2.45, 2.75) is 169 Å². The van der Waals surface area contributed by atoms with E-state index in [-0.39, 0.29) is 0 Å². The van der Waals surface area contributed by atoms with Crippen LogP contribution < -0.4 is 0 Å². The molecule has 0 aromatic carbocycles. The van der Waals surface area contributed by atoms with Gasteiger partial charge in [-0.1, -0.05) is 128 Å². The Bertz CT molecular complexity index is 474. The summed E-state index contributed by atoms with van der Waals surface area (Å²) in [5, 5.41) is 0. The van der Waals surface area contributed by atoms with E-state index in [0.717, 1.165) is 11.8 Å². The van der Waals surface area contributed by atoms with Crippen LogP contribution in [0.3, 0.4) is 0 Å². The van der Waals surface area contributed by atoms with Crippen molar-refractivity contribution in [3.63, 3.8) is 0 Å². The molecule has 0 atom stereocenters. The van der Waals surface area contributed by atoms with Gasteiger partial charge in [-0.05, 0) is 102 Å². The van der Waals surface area contributed by atoms with Gasteiger partial charge in [-0.3, -0.25) is 0 Å². The van der Waals surface area contributed by atoms with Crippen LogP contribution in [0.2, 0.25) is 0 Å². The molecular formula is C36H66. The predicted molar refractivity (Wildman–Crippen MR) is 168 cm³/mol. The molecule has 0 unspecified atom stereocenters. The number of unbranched alkanes of at least 4 members (excludes halogenated alkanes) is 14. The van der Waals surface area contributed by atoms with Gasteiger partial charge in [-0.25, -0.2) is 0 Å². The van der Waals surface area contributed by atoms with Gasteiger partial charge in [0, 0.05) is 0 Å². The van der Waals surface area contributed by atoms with Gasteiger partial charge in [0.15, 0.2) is 0 Å². The fourth-order valence-electron chi connectivity index (χ4n) is 4.82. The van der Waals surface area contributed by atoms with Gasteiger partial charge in [0.05, 0.1) is 0 Å². The van der Waals surface area contributed by atoms with Crippen LogP contribution in [-0.4, -0.2) is 0 Å². The lowest BCUT2D eigenvalue weighted by Crippen LogP contribution is -2.08. The van der Waals surface area contributed by atoms with Crippen molar-refractivity contribution in [3.8, 4) is 0 Å². The van der Waals surface area contributed by atoms with E-state index >= 15 is 0 Å². The van der Waals surface area contributed by atoms with Crippen molar-refractivity contribution >= 4 is 0 Å². The van der Waals surface area contributed by atoms with Crippen molar-refractivity contribution in [1.29, 1.82) is 0 Å². The molecule has 0 aromatic rings. The van der Waals surface area contributed by atoms with Crippen molar-refractivity contribution in [3.05, 3.63) is 48.6 Å². The minimum atomic E-state index is 0.806. The smallest absolute Gasteiger partial charge is 0.0348 e. The molecule has 0 spiro atoms. The third kappa shape index (κ3) is 27.5. The zero-order valence-electron chi connectivity index (χ0n) is 25.3. The maximum atomic E-state index is 2.46. The number of allylic oxidation sites excluding steroid dienone is 8. The van der Waals surface area contributed by atoms with Crippen LogP contribution in [0.5, 0.6) is 0 Å². The van der Waals surface area contributed by atoms with Gasteiger partial charge in [0.1, 0.15) is 0 Å². The minimum absolute atomic E-state index is 0.806. The third-order valence-electron chi connectivity index (χ3n) is 7.41. The molecule has 210 valence electrons. The van der Waals surface area contributed by atoms with Crippen LogP contribution in [0.15, 0.2) is 48.6 Å². The number of rotatable bonds is 27. The average Bonchev–Trinajstić information content (AvgIpc) is 2.87. The van der Waals surface area contributed by atoms with Crippen LogP contribution in [-0.2, 0) is 0 Å². The van der Waals surface area contributed by atoms with Crippen LogP contribution in [0, 0.1) is 11.8 Å². The summed E-state index contributed by atoms with van der Waals surface area (Å²) >= 11 is 0. The topological polar surface area (TPSA) is 0 Å². The number of hydrogen-bond acceptors (Lipinski definition) is 0. The molecule has 0 saturated heterocycles. The molecule has 0 radical (unpaired) electrons. The first kappa shape index (κ1) is 35.0. The van der Waals surface area contributed by atoms with Gasteiger partial charge in [-0.15, -0.1) is 0 Å². The summed E-state index contributed by atoms with van der Waals surface area (Å²) in [4.78, 5) is 0. The van der Waals surface area contributed by atoms with E-state index in [2.05, 4.69) is 76.3 Å². The molecule has 0 rings (SSSR count). The van der Waals surface area contributed by atoms with Crippen molar-refractivity contribution in [2.75, 3.05) is 0 Å². The molecule has 0 aliphatic rings. The second-order valence-corrected chi connectivity index (χ2v) is 11.3. The molecule has 0 saturated carbocycles. The molecule has 0 amide bonds. The molecule has 0 aromatic heterocycles. The Balaban J connectivity index is 3.61. The van der Waals surface area contributed by atoms with E-state index in [1.165, 1.54) is 141 Å². The fraction of sp³-hybridized carbons (Fsp3) is 0.778. The summed E-state index contributed by atoms with van der Waals surface area (Å²) in [5.41, 5.74) is 0. The van der Waals surface area contributed by atoms with Crippen LogP contribution in [0.25, 0.3) is 0 Å². The molecule has 0 heteroatoms. The first-order chi connectivity index (χ1) is 17.7. The first-order valence-electron chi connectivity index (χ1n) is 16.3. The maximum Gasteiger partial charge on any atom is -0.0348 e. The molecule has 0 fully saturated rings. The van der Waals surface area contributed by atoms with E-state index in [1.807, 2.05) is 0 Å². The predicted octanol–water partition coefficient (Wildman–Crippen LogP) is 13.1. The molecule has 0 nitrogen and oxygen atoms in total. The van der Waals surface area contributed by atoms with Gasteiger partial charge < -0.3 is 0 Å². The van der Waals surface area contributed by atoms with E-state index in [0.29, 0.717) is 0 Å². The highest BCUT2D eigenvalue weighted by Gasteiger charge is 2.11. The van der Waals surface area contributed by atoms with E-state index < -0.39 is 0 Å². The van der Waals surface area contributed by atoms with E-state index in [9.17, 15) is 0 Å². The molecule has 0 aliphatic carbocycles. The average molecular weight is 499 g/mol. The van der Waals surface area contributed by atoms with Gasteiger partial charge in [0.2, 0.25) is 0 Å². The molecule has 0 bridgehead atoms. The Morgan fingerprint density at radius 3 is 0.944 bits per heavy atom. The third-order valence-corrected chi connectivity index (χ3v) is 7.41. The molecule has 0 N–H and O–H groups in total.